The van der Waals surface area contributed by atoms with Crippen molar-refractivity contribution in [2.75, 3.05) is 6.54 Å². The molecule has 1 aromatic carbocycles. The van der Waals surface area contributed by atoms with Crippen molar-refractivity contribution in [3.05, 3.63) is 35.4 Å². The summed E-state index contributed by atoms with van der Waals surface area (Å²) in [5.41, 5.74) is 6.21. The molecule has 2 rings (SSSR count). The van der Waals surface area contributed by atoms with E-state index in [-0.39, 0.29) is 18.4 Å². The first-order valence-corrected chi connectivity index (χ1v) is 7.12. The van der Waals surface area contributed by atoms with Gasteiger partial charge in [0.2, 0.25) is 11.8 Å². The van der Waals surface area contributed by atoms with E-state index in [0.717, 1.165) is 13.0 Å². The number of carboxylic acid groups (broad SMARTS) is 1. The third-order valence-corrected chi connectivity index (χ3v) is 3.67. The molecule has 5 N–H and O–H groups in total. The predicted molar refractivity (Wildman–Crippen MR) is 79.3 cm³/mol. The highest BCUT2D eigenvalue weighted by atomic mass is 16.4. The number of nitrogens with two attached hydrogens (primary N) is 1. The van der Waals surface area contributed by atoms with Crippen LogP contribution in [0.2, 0.25) is 0 Å². The third-order valence-electron chi connectivity index (χ3n) is 3.67. The zero-order valence-corrected chi connectivity index (χ0v) is 12.0. The van der Waals surface area contributed by atoms with Crippen LogP contribution in [0.15, 0.2) is 24.3 Å². The number of carboxylic acids is 1. The average Bonchev–Trinajstić information content (AvgIpc) is 3.01. The Morgan fingerprint density at radius 1 is 1.32 bits per heavy atom. The molecule has 1 aromatic rings. The second-order valence-electron chi connectivity index (χ2n) is 5.31. The number of carbonyl (C=O) groups is 3. The normalized spacial score (nSPS) is 18.6. The fraction of sp³-hybridized carbons (Fsp3) is 0.400. The largest absolute Gasteiger partial charge is 0.480 e. The van der Waals surface area contributed by atoms with Gasteiger partial charge in [-0.3, -0.25) is 9.59 Å². The van der Waals surface area contributed by atoms with Gasteiger partial charge in [-0.1, -0.05) is 12.1 Å². The predicted octanol–water partition coefficient (Wildman–Crippen LogP) is -0.351. The zero-order chi connectivity index (χ0) is 16.1. The average molecular weight is 305 g/mol. The van der Waals surface area contributed by atoms with Gasteiger partial charge in [-0.05, 0) is 37.1 Å². The molecular weight excluding hydrogens is 286 g/mol. The summed E-state index contributed by atoms with van der Waals surface area (Å²) in [6.07, 6.45) is 1.77. The Kier molecular flexibility index (Phi) is 5.11. The molecule has 0 spiro atoms. The van der Waals surface area contributed by atoms with Crippen LogP contribution in [0.5, 0.6) is 0 Å². The van der Waals surface area contributed by atoms with Gasteiger partial charge in [0.1, 0.15) is 6.04 Å². The van der Waals surface area contributed by atoms with Crippen molar-refractivity contribution >= 4 is 17.8 Å². The maximum atomic E-state index is 12.0. The smallest absolute Gasteiger partial charge is 0.326 e. The fourth-order valence-corrected chi connectivity index (χ4v) is 2.42. The number of nitrogens with one attached hydrogen (secondary N) is 2. The molecule has 7 heteroatoms. The Balaban J connectivity index is 2.00. The molecule has 0 aliphatic carbocycles. The highest BCUT2D eigenvalue weighted by Crippen LogP contribution is 2.09. The van der Waals surface area contributed by atoms with Gasteiger partial charge in [-0.15, -0.1) is 0 Å². The van der Waals surface area contributed by atoms with Gasteiger partial charge < -0.3 is 21.5 Å². The molecule has 22 heavy (non-hydrogen) atoms. The molecule has 0 unspecified atom stereocenters. The maximum Gasteiger partial charge on any atom is 0.326 e. The lowest BCUT2D eigenvalue weighted by molar-refractivity contribution is -0.142. The zero-order valence-electron chi connectivity index (χ0n) is 12.0. The Morgan fingerprint density at radius 3 is 2.50 bits per heavy atom. The van der Waals surface area contributed by atoms with E-state index in [1.807, 2.05) is 0 Å². The van der Waals surface area contributed by atoms with Crippen molar-refractivity contribution in [1.29, 1.82) is 0 Å². The van der Waals surface area contributed by atoms with Gasteiger partial charge in [0.05, 0.1) is 6.04 Å². The van der Waals surface area contributed by atoms with Crippen LogP contribution in [0, 0.1) is 0 Å². The summed E-state index contributed by atoms with van der Waals surface area (Å²) in [4.78, 5) is 34.3. The van der Waals surface area contributed by atoms with E-state index in [9.17, 15) is 19.5 Å². The van der Waals surface area contributed by atoms with E-state index in [1.54, 1.807) is 12.1 Å². The summed E-state index contributed by atoms with van der Waals surface area (Å²) in [6, 6.07) is 5.02. The molecule has 2 atom stereocenters. The van der Waals surface area contributed by atoms with Gasteiger partial charge in [-0.2, -0.15) is 0 Å². The van der Waals surface area contributed by atoms with Crippen LogP contribution in [-0.2, 0) is 16.0 Å². The molecule has 1 fully saturated rings. The number of carbonyl (C=O) groups excluding carboxylic acids is 2. The first kappa shape index (κ1) is 16.0. The van der Waals surface area contributed by atoms with Crippen LogP contribution in [-0.4, -0.2) is 41.5 Å². The van der Waals surface area contributed by atoms with Crippen LogP contribution in [0.3, 0.4) is 0 Å². The number of primary amides is 1. The lowest BCUT2D eigenvalue weighted by Crippen LogP contribution is -2.49. The van der Waals surface area contributed by atoms with E-state index >= 15 is 0 Å². The third kappa shape index (κ3) is 4.05. The molecule has 1 aliphatic rings. The topological polar surface area (TPSA) is 122 Å². The van der Waals surface area contributed by atoms with Gasteiger partial charge in [0.15, 0.2) is 0 Å². The summed E-state index contributed by atoms with van der Waals surface area (Å²) in [6.45, 7) is 0.768. The first-order valence-electron chi connectivity index (χ1n) is 7.12. The van der Waals surface area contributed by atoms with E-state index in [2.05, 4.69) is 10.6 Å². The lowest BCUT2D eigenvalue weighted by atomic mass is 10.0. The Labute approximate surface area is 127 Å². The van der Waals surface area contributed by atoms with Crippen molar-refractivity contribution in [1.82, 2.24) is 10.6 Å². The van der Waals surface area contributed by atoms with Crippen LogP contribution >= 0.6 is 0 Å². The Hall–Kier alpha value is -2.41. The van der Waals surface area contributed by atoms with Gasteiger partial charge in [0.25, 0.3) is 0 Å². The number of benzene rings is 1. The van der Waals surface area contributed by atoms with Crippen molar-refractivity contribution in [2.45, 2.75) is 31.3 Å². The number of amides is 2. The Morgan fingerprint density at radius 2 is 2.00 bits per heavy atom. The van der Waals surface area contributed by atoms with Crippen LogP contribution < -0.4 is 16.4 Å². The molecule has 0 saturated carbocycles. The van der Waals surface area contributed by atoms with Crippen LogP contribution in [0.25, 0.3) is 0 Å². The molecule has 0 radical (unpaired) electrons. The second kappa shape index (κ2) is 7.04. The highest BCUT2D eigenvalue weighted by Gasteiger charge is 2.27. The van der Waals surface area contributed by atoms with Gasteiger partial charge >= 0.3 is 5.97 Å². The van der Waals surface area contributed by atoms with E-state index < -0.39 is 17.9 Å². The minimum Gasteiger partial charge on any atom is -0.480 e. The molecule has 1 heterocycles. The molecule has 118 valence electrons. The number of rotatable bonds is 6. The summed E-state index contributed by atoms with van der Waals surface area (Å²) >= 11 is 0. The Bertz CT molecular complexity index is 565. The maximum absolute atomic E-state index is 12.0. The van der Waals surface area contributed by atoms with Crippen LogP contribution in [0.4, 0.5) is 0 Å². The summed E-state index contributed by atoms with van der Waals surface area (Å²) in [5, 5.41) is 14.8. The standard InChI is InChI=1S/C15H19N3O4/c16-13(19)10-5-3-9(4-6-10)8-12(15(21)22)18-14(20)11-2-1-7-17-11/h3-6,11-12,17H,1-2,7-8H2,(H2,16,19)(H,18,20)(H,21,22)/t11-,12-/m0/s1. The lowest BCUT2D eigenvalue weighted by Gasteiger charge is -2.17. The van der Waals surface area contributed by atoms with Gasteiger partial charge in [0, 0.05) is 12.0 Å². The molecule has 2 amide bonds. The molecule has 0 bridgehead atoms. The summed E-state index contributed by atoms with van der Waals surface area (Å²) in [7, 11) is 0. The van der Waals surface area contributed by atoms with Crippen molar-refractivity contribution in [2.24, 2.45) is 5.73 Å². The van der Waals surface area contributed by atoms with E-state index in [0.29, 0.717) is 17.5 Å². The van der Waals surface area contributed by atoms with E-state index in [1.165, 1.54) is 12.1 Å². The SMILES string of the molecule is NC(=O)c1ccc(C[C@H](NC(=O)[C@@H]2CCCN2)C(=O)O)cc1. The van der Waals surface area contributed by atoms with Crippen molar-refractivity contribution < 1.29 is 19.5 Å². The van der Waals surface area contributed by atoms with Crippen LogP contribution in [0.1, 0.15) is 28.8 Å². The number of hydrogen-bond acceptors (Lipinski definition) is 4. The quantitative estimate of drug-likeness (QED) is 0.572. The molecule has 1 aliphatic heterocycles. The van der Waals surface area contributed by atoms with E-state index in [4.69, 9.17) is 5.73 Å². The van der Waals surface area contributed by atoms with Crippen molar-refractivity contribution in [3.8, 4) is 0 Å². The van der Waals surface area contributed by atoms with Crippen molar-refractivity contribution in [3.63, 3.8) is 0 Å². The molecule has 7 nitrogen and oxygen atoms in total. The number of hydrogen-bond donors (Lipinski definition) is 4. The van der Waals surface area contributed by atoms with Gasteiger partial charge in [-0.25, -0.2) is 4.79 Å². The monoisotopic (exact) mass is 305 g/mol. The molecule has 1 saturated heterocycles. The minimum atomic E-state index is -1.09. The summed E-state index contributed by atoms with van der Waals surface area (Å²) < 4.78 is 0. The molecule has 0 aromatic heterocycles. The summed E-state index contributed by atoms with van der Waals surface area (Å²) in [5.74, 6) is -1.93. The first-order chi connectivity index (χ1) is 10.5. The highest BCUT2D eigenvalue weighted by molar-refractivity contribution is 5.92. The molecular formula is C15H19N3O4. The second-order valence-corrected chi connectivity index (χ2v) is 5.31. The minimum absolute atomic E-state index is 0.146. The number of aliphatic carboxylic acids is 1. The fourth-order valence-electron chi connectivity index (χ4n) is 2.42.